The molecule has 2 N–H and O–H groups in total. The van der Waals surface area contributed by atoms with Gasteiger partial charge in [0.15, 0.2) is 11.5 Å². The first-order valence-electron chi connectivity index (χ1n) is 7.13. The maximum atomic E-state index is 12.1. The van der Waals surface area contributed by atoms with E-state index in [9.17, 15) is 10.1 Å². The third-order valence-corrected chi connectivity index (χ3v) is 4.82. The molecule has 1 aromatic rings. The number of allylic oxidation sites excluding steroid dienone is 3. The van der Waals surface area contributed by atoms with Gasteiger partial charge < -0.3 is 10.5 Å². The Bertz CT molecular complexity index is 726. The Kier molecular flexibility index (Phi) is 3.95. The average Bonchev–Trinajstić information content (AvgIpc) is 2.55. The molecule has 0 spiro atoms. The number of ketones is 1. The van der Waals surface area contributed by atoms with E-state index < -0.39 is 0 Å². The molecule has 0 radical (unpaired) electrons. The summed E-state index contributed by atoms with van der Waals surface area (Å²) < 4.78 is 5.46. The second-order valence-electron chi connectivity index (χ2n) is 5.33. The van der Waals surface area contributed by atoms with E-state index in [1.54, 1.807) is 11.8 Å². The van der Waals surface area contributed by atoms with Crippen molar-refractivity contribution in [3.05, 3.63) is 52.6 Å². The number of rotatable bonds is 2. The Morgan fingerprint density at radius 3 is 2.68 bits per heavy atom. The number of carbonyl (C=O) groups is 1. The van der Waals surface area contributed by atoms with Gasteiger partial charge in [0.25, 0.3) is 0 Å². The molecule has 1 aliphatic carbocycles. The third-order valence-electron chi connectivity index (χ3n) is 4.08. The summed E-state index contributed by atoms with van der Waals surface area (Å²) in [7, 11) is 0. The van der Waals surface area contributed by atoms with Crippen LogP contribution in [0.5, 0.6) is 0 Å². The van der Waals surface area contributed by atoms with Gasteiger partial charge in [-0.3, -0.25) is 4.79 Å². The number of ether oxygens (including phenoxy) is 1. The van der Waals surface area contributed by atoms with E-state index in [-0.39, 0.29) is 17.6 Å². The molecule has 1 aliphatic heterocycles. The van der Waals surface area contributed by atoms with Crippen molar-refractivity contribution >= 4 is 17.5 Å². The van der Waals surface area contributed by atoms with Gasteiger partial charge in [-0.2, -0.15) is 5.26 Å². The van der Waals surface area contributed by atoms with Crippen molar-refractivity contribution in [3.63, 3.8) is 0 Å². The number of benzene rings is 1. The van der Waals surface area contributed by atoms with Gasteiger partial charge in [0.05, 0.1) is 0 Å². The van der Waals surface area contributed by atoms with Gasteiger partial charge in [-0.25, -0.2) is 0 Å². The van der Waals surface area contributed by atoms with Crippen molar-refractivity contribution < 1.29 is 9.53 Å². The second kappa shape index (κ2) is 5.90. The first-order chi connectivity index (χ1) is 10.7. The SMILES string of the molecule is CSc1ccc(C2C(C#N)=C(N)OC3=C2CCCC3=O)cc1. The normalized spacial score (nSPS) is 21.3. The fourth-order valence-corrected chi connectivity index (χ4v) is 3.42. The van der Waals surface area contributed by atoms with Crippen LogP contribution in [0.15, 0.2) is 51.9 Å². The Balaban J connectivity index is 2.12. The second-order valence-corrected chi connectivity index (χ2v) is 6.21. The zero-order valence-electron chi connectivity index (χ0n) is 12.3. The van der Waals surface area contributed by atoms with Crippen LogP contribution < -0.4 is 5.73 Å². The molecule has 0 fully saturated rings. The first-order valence-corrected chi connectivity index (χ1v) is 8.36. The maximum Gasteiger partial charge on any atom is 0.205 e. The molecule has 0 saturated carbocycles. The molecule has 1 unspecified atom stereocenters. The number of nitrogens with two attached hydrogens (primary N) is 1. The van der Waals surface area contributed by atoms with Gasteiger partial charge in [0.2, 0.25) is 5.88 Å². The molecule has 0 amide bonds. The Hall–Kier alpha value is -2.19. The fourth-order valence-electron chi connectivity index (χ4n) is 3.01. The zero-order chi connectivity index (χ0) is 15.7. The summed E-state index contributed by atoms with van der Waals surface area (Å²) in [5, 5.41) is 9.47. The van der Waals surface area contributed by atoms with Crippen LogP contribution in [0.4, 0.5) is 0 Å². The molecule has 2 aliphatic rings. The number of carbonyl (C=O) groups excluding carboxylic acids is 1. The van der Waals surface area contributed by atoms with Crippen LogP contribution in [-0.2, 0) is 9.53 Å². The van der Waals surface area contributed by atoms with Gasteiger partial charge in [-0.15, -0.1) is 11.8 Å². The molecule has 1 atom stereocenters. The minimum absolute atomic E-state index is 0.0214. The third kappa shape index (κ3) is 2.40. The molecule has 5 heteroatoms. The molecule has 112 valence electrons. The standard InChI is InChI=1S/C17H16N2O2S/c1-22-11-7-5-10(6-8-11)15-12-3-2-4-14(20)16(12)21-17(19)13(15)9-18/h5-8,15H,2-4,19H2,1H3. The van der Waals surface area contributed by atoms with E-state index in [1.807, 2.05) is 30.5 Å². The number of nitriles is 1. The molecule has 0 bridgehead atoms. The quantitative estimate of drug-likeness (QED) is 0.849. The Morgan fingerprint density at radius 2 is 2.05 bits per heavy atom. The van der Waals surface area contributed by atoms with Gasteiger partial charge >= 0.3 is 0 Å². The molecule has 3 rings (SSSR count). The highest BCUT2D eigenvalue weighted by molar-refractivity contribution is 7.98. The summed E-state index contributed by atoms with van der Waals surface area (Å²) in [5.74, 6) is 0.109. The van der Waals surface area contributed by atoms with E-state index in [4.69, 9.17) is 10.5 Å². The topological polar surface area (TPSA) is 76.1 Å². The summed E-state index contributed by atoms with van der Waals surface area (Å²) in [6, 6.07) is 10.2. The fraction of sp³-hybridized carbons (Fsp3) is 0.294. The number of Topliss-reactive ketones (excluding diaryl/α,β-unsaturated/α-hetero) is 1. The lowest BCUT2D eigenvalue weighted by molar-refractivity contribution is -0.119. The molecule has 0 saturated heterocycles. The number of hydrogen-bond donors (Lipinski definition) is 1. The predicted octanol–water partition coefficient (Wildman–Crippen LogP) is 3.22. The summed E-state index contributed by atoms with van der Waals surface area (Å²) >= 11 is 1.66. The van der Waals surface area contributed by atoms with Crippen molar-refractivity contribution in [1.82, 2.24) is 0 Å². The summed E-state index contributed by atoms with van der Waals surface area (Å²) in [6.07, 6.45) is 4.04. The monoisotopic (exact) mass is 312 g/mol. The van der Waals surface area contributed by atoms with Crippen molar-refractivity contribution in [1.29, 1.82) is 5.26 Å². The van der Waals surface area contributed by atoms with Crippen LogP contribution in [0, 0.1) is 11.3 Å². The largest absolute Gasteiger partial charge is 0.437 e. The van der Waals surface area contributed by atoms with Gasteiger partial charge in [0, 0.05) is 17.2 Å². The zero-order valence-corrected chi connectivity index (χ0v) is 13.1. The Labute approximate surface area is 133 Å². The highest BCUT2D eigenvalue weighted by Gasteiger charge is 2.36. The lowest BCUT2D eigenvalue weighted by Crippen LogP contribution is -2.26. The van der Waals surface area contributed by atoms with Crippen LogP contribution in [-0.4, -0.2) is 12.0 Å². The molecule has 4 nitrogen and oxygen atoms in total. The van der Waals surface area contributed by atoms with Gasteiger partial charge in [-0.1, -0.05) is 12.1 Å². The minimum atomic E-state index is -0.270. The lowest BCUT2D eigenvalue weighted by atomic mass is 9.78. The number of thioether (sulfide) groups is 1. The molecule has 22 heavy (non-hydrogen) atoms. The van der Waals surface area contributed by atoms with Crippen molar-refractivity contribution in [2.75, 3.05) is 6.26 Å². The average molecular weight is 312 g/mol. The summed E-state index contributed by atoms with van der Waals surface area (Å²) in [4.78, 5) is 13.3. The molecule has 1 aromatic carbocycles. The van der Waals surface area contributed by atoms with E-state index >= 15 is 0 Å². The molecular formula is C17H16N2O2S. The highest BCUT2D eigenvalue weighted by Crippen LogP contribution is 2.43. The number of hydrogen-bond acceptors (Lipinski definition) is 5. The van der Waals surface area contributed by atoms with E-state index in [0.29, 0.717) is 17.8 Å². The van der Waals surface area contributed by atoms with Gasteiger partial charge in [-0.05, 0) is 42.4 Å². The predicted molar refractivity (Wildman–Crippen MR) is 84.8 cm³/mol. The molecule has 0 aromatic heterocycles. The van der Waals surface area contributed by atoms with Crippen molar-refractivity contribution in [2.24, 2.45) is 5.73 Å². The van der Waals surface area contributed by atoms with Crippen LogP contribution >= 0.6 is 11.8 Å². The smallest absolute Gasteiger partial charge is 0.205 e. The van der Waals surface area contributed by atoms with Crippen molar-refractivity contribution in [3.8, 4) is 6.07 Å². The van der Waals surface area contributed by atoms with Crippen LogP contribution in [0.1, 0.15) is 30.7 Å². The van der Waals surface area contributed by atoms with Crippen LogP contribution in [0.25, 0.3) is 0 Å². The summed E-state index contributed by atoms with van der Waals surface area (Å²) in [5.41, 5.74) is 8.14. The first kappa shape index (κ1) is 14.7. The van der Waals surface area contributed by atoms with E-state index in [1.165, 1.54) is 0 Å². The lowest BCUT2D eigenvalue weighted by Gasteiger charge is -2.31. The van der Waals surface area contributed by atoms with E-state index in [0.717, 1.165) is 28.9 Å². The number of nitrogens with zero attached hydrogens (tertiary/aromatic N) is 1. The minimum Gasteiger partial charge on any atom is -0.437 e. The molecular weight excluding hydrogens is 296 g/mol. The maximum absolute atomic E-state index is 12.1. The highest BCUT2D eigenvalue weighted by atomic mass is 32.2. The van der Waals surface area contributed by atoms with E-state index in [2.05, 4.69) is 6.07 Å². The molecule has 1 heterocycles. The van der Waals surface area contributed by atoms with Gasteiger partial charge in [0.1, 0.15) is 11.6 Å². The van der Waals surface area contributed by atoms with Crippen LogP contribution in [0.3, 0.4) is 0 Å². The van der Waals surface area contributed by atoms with Crippen LogP contribution in [0.2, 0.25) is 0 Å². The van der Waals surface area contributed by atoms with Crippen molar-refractivity contribution in [2.45, 2.75) is 30.1 Å². The summed E-state index contributed by atoms with van der Waals surface area (Å²) in [6.45, 7) is 0. The Morgan fingerprint density at radius 1 is 1.32 bits per heavy atom.